The SMILES string of the molecule is COC(=O)c1cc2c(=O)n3ccccc3nc2n1Cc1ccccc1. The van der Waals surface area contributed by atoms with Crippen molar-refractivity contribution in [2.45, 2.75) is 6.54 Å². The fourth-order valence-corrected chi connectivity index (χ4v) is 2.95. The first-order valence-electron chi connectivity index (χ1n) is 7.82. The van der Waals surface area contributed by atoms with Crippen LogP contribution in [0.15, 0.2) is 65.6 Å². The Hall–Kier alpha value is -3.41. The molecule has 0 aliphatic rings. The monoisotopic (exact) mass is 333 g/mol. The second-order valence-electron chi connectivity index (χ2n) is 5.68. The van der Waals surface area contributed by atoms with Crippen molar-refractivity contribution in [2.75, 3.05) is 7.11 Å². The molecule has 0 aliphatic heterocycles. The molecule has 4 rings (SSSR count). The van der Waals surface area contributed by atoms with Gasteiger partial charge in [0.25, 0.3) is 5.56 Å². The van der Waals surface area contributed by atoms with Gasteiger partial charge in [0.2, 0.25) is 0 Å². The summed E-state index contributed by atoms with van der Waals surface area (Å²) in [5.41, 5.74) is 2.10. The quantitative estimate of drug-likeness (QED) is 0.540. The summed E-state index contributed by atoms with van der Waals surface area (Å²) < 4.78 is 8.08. The molecule has 124 valence electrons. The Bertz CT molecular complexity index is 1140. The zero-order valence-corrected chi connectivity index (χ0v) is 13.5. The van der Waals surface area contributed by atoms with Crippen LogP contribution in [0, 0.1) is 0 Å². The summed E-state index contributed by atoms with van der Waals surface area (Å²) in [5.74, 6) is -0.498. The molecule has 0 unspecified atom stereocenters. The molecular formula is C19H15N3O3. The van der Waals surface area contributed by atoms with Gasteiger partial charge in [-0.05, 0) is 23.8 Å². The first-order chi connectivity index (χ1) is 12.2. The molecule has 0 bridgehead atoms. The number of pyridine rings is 1. The second kappa shape index (κ2) is 5.90. The van der Waals surface area contributed by atoms with Gasteiger partial charge in [0, 0.05) is 12.7 Å². The molecule has 0 spiro atoms. The molecule has 25 heavy (non-hydrogen) atoms. The molecule has 0 N–H and O–H groups in total. The van der Waals surface area contributed by atoms with Crippen molar-refractivity contribution in [3.05, 3.63) is 82.4 Å². The smallest absolute Gasteiger partial charge is 0.354 e. The average Bonchev–Trinajstić information content (AvgIpc) is 3.01. The molecule has 0 saturated carbocycles. The number of methoxy groups -OCH3 is 1. The zero-order chi connectivity index (χ0) is 17.4. The first-order valence-corrected chi connectivity index (χ1v) is 7.82. The lowest BCUT2D eigenvalue weighted by atomic mass is 10.2. The maximum Gasteiger partial charge on any atom is 0.354 e. The van der Waals surface area contributed by atoms with Gasteiger partial charge < -0.3 is 9.30 Å². The normalized spacial score (nSPS) is 11.1. The highest BCUT2D eigenvalue weighted by atomic mass is 16.5. The summed E-state index contributed by atoms with van der Waals surface area (Å²) in [7, 11) is 1.32. The van der Waals surface area contributed by atoms with E-state index in [2.05, 4.69) is 4.98 Å². The van der Waals surface area contributed by atoms with E-state index in [0.717, 1.165) is 5.56 Å². The van der Waals surface area contributed by atoms with Crippen LogP contribution in [0.4, 0.5) is 0 Å². The topological polar surface area (TPSA) is 65.6 Å². The van der Waals surface area contributed by atoms with Crippen LogP contribution < -0.4 is 5.56 Å². The van der Waals surface area contributed by atoms with E-state index in [1.165, 1.54) is 11.5 Å². The number of carbonyl (C=O) groups excluding carboxylic acids is 1. The third-order valence-corrected chi connectivity index (χ3v) is 4.15. The predicted octanol–water partition coefficient (Wildman–Crippen LogP) is 2.48. The molecule has 4 aromatic rings. The van der Waals surface area contributed by atoms with Crippen LogP contribution in [0.1, 0.15) is 16.1 Å². The van der Waals surface area contributed by atoms with Gasteiger partial charge in [-0.15, -0.1) is 0 Å². The van der Waals surface area contributed by atoms with Gasteiger partial charge in [-0.1, -0.05) is 36.4 Å². The Labute approximate surface area is 142 Å². The molecule has 0 aliphatic carbocycles. The van der Waals surface area contributed by atoms with Crippen LogP contribution in [0.2, 0.25) is 0 Å². The minimum absolute atomic E-state index is 0.211. The number of ether oxygens (including phenoxy) is 1. The standard InChI is InChI=1S/C19H15N3O3/c1-25-19(24)15-11-14-17(22(15)12-13-7-3-2-4-8-13)20-16-9-5-6-10-21(16)18(14)23/h2-11H,12H2,1H3. The van der Waals surface area contributed by atoms with E-state index in [9.17, 15) is 9.59 Å². The van der Waals surface area contributed by atoms with Gasteiger partial charge in [-0.25, -0.2) is 9.78 Å². The Balaban J connectivity index is 2.03. The lowest BCUT2D eigenvalue weighted by Crippen LogP contribution is -2.15. The molecule has 6 nitrogen and oxygen atoms in total. The van der Waals surface area contributed by atoms with Gasteiger partial charge in [0.05, 0.1) is 12.5 Å². The highest BCUT2D eigenvalue weighted by Gasteiger charge is 2.20. The van der Waals surface area contributed by atoms with Gasteiger partial charge in [-0.2, -0.15) is 0 Å². The molecule has 0 atom stereocenters. The van der Waals surface area contributed by atoms with Crippen LogP contribution in [0.3, 0.4) is 0 Å². The Morgan fingerprint density at radius 3 is 2.64 bits per heavy atom. The first kappa shape index (κ1) is 15.1. The lowest BCUT2D eigenvalue weighted by Gasteiger charge is -2.09. The van der Waals surface area contributed by atoms with Crippen LogP contribution in [-0.2, 0) is 11.3 Å². The summed E-state index contributed by atoms with van der Waals surface area (Å²) in [5, 5.41) is 0.389. The Kier molecular flexibility index (Phi) is 3.57. The Morgan fingerprint density at radius 2 is 1.88 bits per heavy atom. The summed E-state index contributed by atoms with van der Waals surface area (Å²) in [4.78, 5) is 29.6. The second-order valence-corrected chi connectivity index (χ2v) is 5.68. The third-order valence-electron chi connectivity index (χ3n) is 4.15. The maximum atomic E-state index is 12.8. The van der Waals surface area contributed by atoms with Crippen molar-refractivity contribution in [3.63, 3.8) is 0 Å². The van der Waals surface area contributed by atoms with Crippen molar-refractivity contribution < 1.29 is 9.53 Å². The third kappa shape index (κ3) is 2.48. The molecule has 0 radical (unpaired) electrons. The fraction of sp³-hybridized carbons (Fsp3) is 0.105. The molecular weight excluding hydrogens is 318 g/mol. The van der Waals surface area contributed by atoms with E-state index in [0.29, 0.717) is 28.9 Å². The number of esters is 1. The van der Waals surface area contributed by atoms with Gasteiger partial charge >= 0.3 is 5.97 Å². The van der Waals surface area contributed by atoms with Crippen molar-refractivity contribution in [1.29, 1.82) is 0 Å². The number of benzene rings is 1. The van der Waals surface area contributed by atoms with Gasteiger partial charge in [-0.3, -0.25) is 9.20 Å². The van der Waals surface area contributed by atoms with Gasteiger partial charge in [0.15, 0.2) is 0 Å². The minimum Gasteiger partial charge on any atom is -0.464 e. The minimum atomic E-state index is -0.498. The number of carbonyl (C=O) groups is 1. The Morgan fingerprint density at radius 1 is 1.12 bits per heavy atom. The molecule has 3 aromatic heterocycles. The maximum absolute atomic E-state index is 12.8. The molecule has 6 heteroatoms. The van der Waals surface area contributed by atoms with Gasteiger partial charge in [0.1, 0.15) is 17.0 Å². The van der Waals surface area contributed by atoms with E-state index in [4.69, 9.17) is 4.74 Å². The highest BCUT2D eigenvalue weighted by molar-refractivity contribution is 5.94. The zero-order valence-electron chi connectivity index (χ0n) is 13.5. The number of aromatic nitrogens is 3. The van der Waals surface area contributed by atoms with Crippen LogP contribution in [-0.4, -0.2) is 27.0 Å². The summed E-state index contributed by atoms with van der Waals surface area (Å²) in [6.45, 7) is 0.421. The number of fused-ring (bicyclic) bond motifs is 2. The number of hydrogen-bond acceptors (Lipinski definition) is 4. The molecule has 0 amide bonds. The van der Waals surface area contributed by atoms with Crippen molar-refractivity contribution in [3.8, 4) is 0 Å². The van der Waals surface area contributed by atoms with E-state index in [-0.39, 0.29) is 5.56 Å². The molecule has 0 saturated heterocycles. The van der Waals surface area contributed by atoms with Crippen molar-refractivity contribution >= 4 is 22.6 Å². The van der Waals surface area contributed by atoms with E-state index >= 15 is 0 Å². The van der Waals surface area contributed by atoms with Crippen molar-refractivity contribution in [2.24, 2.45) is 0 Å². The predicted molar refractivity (Wildman–Crippen MR) is 93.8 cm³/mol. The largest absolute Gasteiger partial charge is 0.464 e. The fourth-order valence-electron chi connectivity index (χ4n) is 2.95. The number of nitrogens with zero attached hydrogens (tertiary/aromatic N) is 3. The van der Waals surface area contributed by atoms with Crippen LogP contribution >= 0.6 is 0 Å². The van der Waals surface area contributed by atoms with E-state index < -0.39 is 5.97 Å². The lowest BCUT2D eigenvalue weighted by molar-refractivity contribution is 0.0589. The van der Waals surface area contributed by atoms with Crippen LogP contribution in [0.5, 0.6) is 0 Å². The molecule has 1 aromatic carbocycles. The summed E-state index contributed by atoms with van der Waals surface area (Å²) in [6, 6.07) is 16.6. The number of rotatable bonds is 3. The number of hydrogen-bond donors (Lipinski definition) is 0. The average molecular weight is 333 g/mol. The summed E-state index contributed by atoms with van der Waals surface area (Å²) in [6.07, 6.45) is 1.66. The van der Waals surface area contributed by atoms with E-state index in [1.807, 2.05) is 36.4 Å². The summed E-state index contributed by atoms with van der Waals surface area (Å²) >= 11 is 0. The van der Waals surface area contributed by atoms with Crippen LogP contribution in [0.25, 0.3) is 16.7 Å². The van der Waals surface area contributed by atoms with Crippen molar-refractivity contribution in [1.82, 2.24) is 14.0 Å². The highest BCUT2D eigenvalue weighted by Crippen LogP contribution is 2.19. The van der Waals surface area contributed by atoms with E-state index in [1.54, 1.807) is 29.0 Å². The molecule has 0 fully saturated rings. The molecule has 3 heterocycles.